The number of benzene rings is 9. The lowest BCUT2D eigenvalue weighted by atomic mass is 9.86. The van der Waals surface area contributed by atoms with Crippen LogP contribution in [0, 0.1) is 0 Å². The van der Waals surface area contributed by atoms with Crippen LogP contribution in [0.15, 0.2) is 162 Å². The van der Waals surface area contributed by atoms with Gasteiger partial charge in [0.05, 0.1) is 0 Å². The minimum atomic E-state index is 0.909. The molecular weight excluding hydrogens is 544 g/mol. The molecule has 10 aromatic rings. The second kappa shape index (κ2) is 9.29. The maximum absolute atomic E-state index is 6.70. The van der Waals surface area contributed by atoms with Crippen molar-refractivity contribution >= 4 is 65.0 Å². The summed E-state index contributed by atoms with van der Waals surface area (Å²) in [4.78, 5) is 0. The van der Waals surface area contributed by atoms with Crippen molar-refractivity contribution in [3.05, 3.63) is 158 Å². The molecule has 0 N–H and O–H groups in total. The smallest absolute Gasteiger partial charge is 0.143 e. The van der Waals surface area contributed by atoms with Gasteiger partial charge in [0.1, 0.15) is 11.2 Å². The van der Waals surface area contributed by atoms with Gasteiger partial charge in [-0.05, 0) is 89.1 Å². The first kappa shape index (κ1) is 24.5. The van der Waals surface area contributed by atoms with Gasteiger partial charge in [-0.2, -0.15) is 0 Å². The van der Waals surface area contributed by atoms with E-state index in [0.717, 1.165) is 33.1 Å². The van der Waals surface area contributed by atoms with Crippen molar-refractivity contribution in [2.24, 2.45) is 0 Å². The highest BCUT2D eigenvalue weighted by molar-refractivity contribution is 6.29. The van der Waals surface area contributed by atoms with E-state index in [-0.39, 0.29) is 0 Å². The predicted molar refractivity (Wildman–Crippen MR) is 191 cm³/mol. The topological polar surface area (TPSA) is 13.1 Å². The highest BCUT2D eigenvalue weighted by atomic mass is 16.3. The van der Waals surface area contributed by atoms with Gasteiger partial charge >= 0.3 is 0 Å². The molecule has 0 radical (unpaired) electrons. The van der Waals surface area contributed by atoms with Gasteiger partial charge in [0.25, 0.3) is 0 Å². The fraction of sp³-hybridized carbons (Fsp3) is 0. The standard InChI is InChI=1S/C44H26O/c1-2-9-28(10-3-1)33-20-16-29-19-23-37-35(21-17-30-18-22-36(33)41(29)42(30)37)38-25-24-34(32-15-14-27-8-4-5-11-31(27)26-32)44-43(38)39-12-6-7-13-40(39)45-44/h1-26H. The Balaban J connectivity index is 1.28. The maximum Gasteiger partial charge on any atom is 0.143 e. The molecule has 1 nitrogen and oxygen atoms in total. The van der Waals surface area contributed by atoms with Crippen molar-refractivity contribution < 1.29 is 4.42 Å². The number of rotatable bonds is 3. The van der Waals surface area contributed by atoms with Crippen LogP contribution in [0.3, 0.4) is 0 Å². The van der Waals surface area contributed by atoms with E-state index in [1.165, 1.54) is 65.3 Å². The van der Waals surface area contributed by atoms with Crippen molar-refractivity contribution in [2.45, 2.75) is 0 Å². The third kappa shape index (κ3) is 3.56. The lowest BCUT2D eigenvalue weighted by Crippen LogP contribution is -1.90. The van der Waals surface area contributed by atoms with E-state index < -0.39 is 0 Å². The second-order valence-corrected chi connectivity index (χ2v) is 12.0. The first-order chi connectivity index (χ1) is 22.3. The predicted octanol–water partition coefficient (Wildman–Crippen LogP) is 12.6. The van der Waals surface area contributed by atoms with Gasteiger partial charge in [0, 0.05) is 16.3 Å². The van der Waals surface area contributed by atoms with Crippen LogP contribution in [0.25, 0.3) is 98.4 Å². The fourth-order valence-corrected chi connectivity index (χ4v) is 7.54. The second-order valence-electron chi connectivity index (χ2n) is 12.0. The highest BCUT2D eigenvalue weighted by Gasteiger charge is 2.20. The largest absolute Gasteiger partial charge is 0.455 e. The van der Waals surface area contributed by atoms with Crippen LogP contribution in [0.1, 0.15) is 0 Å². The maximum atomic E-state index is 6.70. The summed E-state index contributed by atoms with van der Waals surface area (Å²) >= 11 is 0. The van der Waals surface area contributed by atoms with Crippen molar-refractivity contribution in [1.29, 1.82) is 0 Å². The molecule has 0 amide bonds. The molecule has 1 heterocycles. The molecular formula is C44H26O. The molecule has 0 saturated heterocycles. The first-order valence-corrected chi connectivity index (χ1v) is 15.5. The Morgan fingerprint density at radius 3 is 1.73 bits per heavy atom. The average Bonchev–Trinajstić information content (AvgIpc) is 3.50. The van der Waals surface area contributed by atoms with E-state index in [1.807, 2.05) is 0 Å². The molecule has 0 fully saturated rings. The Kier molecular flexibility index (Phi) is 5.06. The molecule has 0 aliphatic carbocycles. The van der Waals surface area contributed by atoms with Gasteiger partial charge in [-0.15, -0.1) is 0 Å². The Morgan fingerprint density at radius 2 is 0.911 bits per heavy atom. The van der Waals surface area contributed by atoms with E-state index in [4.69, 9.17) is 4.42 Å². The van der Waals surface area contributed by atoms with Crippen LogP contribution >= 0.6 is 0 Å². The van der Waals surface area contributed by atoms with Crippen LogP contribution in [-0.2, 0) is 0 Å². The molecule has 0 aliphatic rings. The monoisotopic (exact) mass is 570 g/mol. The number of para-hydroxylation sites is 1. The Morgan fingerprint density at radius 1 is 0.311 bits per heavy atom. The Labute approximate surface area is 259 Å². The molecule has 0 aliphatic heterocycles. The first-order valence-electron chi connectivity index (χ1n) is 15.5. The van der Waals surface area contributed by atoms with Gasteiger partial charge in [-0.3, -0.25) is 0 Å². The summed E-state index contributed by atoms with van der Waals surface area (Å²) in [6.07, 6.45) is 0. The number of fused-ring (bicyclic) bond motifs is 4. The van der Waals surface area contributed by atoms with Crippen LogP contribution in [0.4, 0.5) is 0 Å². The van der Waals surface area contributed by atoms with Crippen molar-refractivity contribution in [3.63, 3.8) is 0 Å². The molecule has 0 bridgehead atoms. The molecule has 45 heavy (non-hydrogen) atoms. The summed E-state index contributed by atoms with van der Waals surface area (Å²) < 4.78 is 6.70. The van der Waals surface area contributed by atoms with Gasteiger partial charge < -0.3 is 4.42 Å². The third-order valence-electron chi connectivity index (χ3n) is 9.63. The summed E-state index contributed by atoms with van der Waals surface area (Å²) in [5, 5.41) is 12.5. The summed E-state index contributed by atoms with van der Waals surface area (Å²) in [5.41, 5.74) is 9.05. The zero-order valence-electron chi connectivity index (χ0n) is 24.4. The summed E-state index contributed by atoms with van der Waals surface area (Å²) in [5.74, 6) is 0. The average molecular weight is 571 g/mol. The Bertz CT molecular complexity index is 2750. The van der Waals surface area contributed by atoms with Crippen LogP contribution in [-0.4, -0.2) is 0 Å². The minimum absolute atomic E-state index is 0.909. The summed E-state index contributed by atoms with van der Waals surface area (Å²) in [6.45, 7) is 0. The van der Waals surface area contributed by atoms with Crippen LogP contribution < -0.4 is 0 Å². The molecule has 1 aromatic heterocycles. The van der Waals surface area contributed by atoms with Crippen LogP contribution in [0.5, 0.6) is 0 Å². The van der Waals surface area contributed by atoms with Gasteiger partial charge in [0.15, 0.2) is 0 Å². The minimum Gasteiger partial charge on any atom is -0.455 e. The van der Waals surface area contributed by atoms with Crippen molar-refractivity contribution in [2.75, 3.05) is 0 Å². The molecule has 0 saturated carbocycles. The molecule has 208 valence electrons. The third-order valence-corrected chi connectivity index (χ3v) is 9.63. The van der Waals surface area contributed by atoms with Gasteiger partial charge in [0.2, 0.25) is 0 Å². The number of furan rings is 1. The lowest BCUT2D eigenvalue weighted by molar-refractivity contribution is 0.670. The normalized spacial score (nSPS) is 12.0. The van der Waals surface area contributed by atoms with E-state index in [2.05, 4.69) is 158 Å². The van der Waals surface area contributed by atoms with Crippen LogP contribution in [0.2, 0.25) is 0 Å². The molecule has 0 unspecified atom stereocenters. The molecule has 10 rings (SSSR count). The molecule has 0 atom stereocenters. The van der Waals surface area contributed by atoms with Crippen molar-refractivity contribution in [3.8, 4) is 33.4 Å². The number of hydrogen-bond acceptors (Lipinski definition) is 1. The zero-order chi connectivity index (χ0) is 29.5. The van der Waals surface area contributed by atoms with E-state index >= 15 is 0 Å². The summed E-state index contributed by atoms with van der Waals surface area (Å²) in [7, 11) is 0. The lowest BCUT2D eigenvalue weighted by Gasteiger charge is -2.17. The van der Waals surface area contributed by atoms with E-state index in [1.54, 1.807) is 0 Å². The molecule has 0 spiro atoms. The summed E-state index contributed by atoms with van der Waals surface area (Å²) in [6, 6.07) is 57.2. The Hall–Kier alpha value is -5.92. The molecule has 9 aromatic carbocycles. The number of hydrogen-bond donors (Lipinski definition) is 0. The van der Waals surface area contributed by atoms with Crippen molar-refractivity contribution in [1.82, 2.24) is 0 Å². The fourth-order valence-electron chi connectivity index (χ4n) is 7.54. The SMILES string of the molecule is c1ccc(-c2ccc3ccc4c(-c5ccc(-c6ccc7ccccc7c6)c6oc7ccccc7c56)ccc5ccc2c3c54)cc1. The highest BCUT2D eigenvalue weighted by Crippen LogP contribution is 2.46. The van der Waals surface area contributed by atoms with Gasteiger partial charge in [-0.1, -0.05) is 140 Å². The zero-order valence-corrected chi connectivity index (χ0v) is 24.4. The van der Waals surface area contributed by atoms with E-state index in [9.17, 15) is 0 Å². The van der Waals surface area contributed by atoms with E-state index in [0.29, 0.717) is 0 Å². The van der Waals surface area contributed by atoms with Gasteiger partial charge in [-0.25, -0.2) is 0 Å². The quantitative estimate of drug-likeness (QED) is 0.193. The molecule has 1 heteroatoms.